The lowest BCUT2D eigenvalue weighted by Gasteiger charge is -2.27. The minimum absolute atomic E-state index is 0.131. The van der Waals surface area contributed by atoms with Crippen LogP contribution in [0.25, 0.3) is 0 Å². The van der Waals surface area contributed by atoms with Crippen LogP contribution < -0.4 is 0 Å². The zero-order valence-corrected chi connectivity index (χ0v) is 8.56. The molecule has 1 saturated heterocycles. The highest BCUT2D eigenvalue weighted by Gasteiger charge is 2.34. The summed E-state index contributed by atoms with van der Waals surface area (Å²) < 4.78 is 5.06. The van der Waals surface area contributed by atoms with Crippen molar-refractivity contribution in [2.45, 2.75) is 17.5 Å². The van der Waals surface area contributed by atoms with Crippen LogP contribution in [0.5, 0.6) is 0 Å². The van der Waals surface area contributed by atoms with Gasteiger partial charge in [-0.1, -0.05) is 0 Å². The zero-order valence-electron chi connectivity index (χ0n) is 7.74. The smallest absolute Gasteiger partial charge is 0.0926 e. The molecular formula is C8H16O5S. The fraction of sp³-hybridized carbons (Fsp3) is 1.00. The Morgan fingerprint density at radius 3 is 2.43 bits per heavy atom. The summed E-state index contributed by atoms with van der Waals surface area (Å²) in [5.74, 6) is -0.186. The summed E-state index contributed by atoms with van der Waals surface area (Å²) >= 11 is 1.45. The maximum absolute atomic E-state index is 9.78. The summed E-state index contributed by atoms with van der Waals surface area (Å²) in [6, 6.07) is 0. The highest BCUT2D eigenvalue weighted by atomic mass is 32.2. The molecule has 5 nitrogen and oxygen atoms in total. The van der Waals surface area contributed by atoms with Crippen LogP contribution in [0.3, 0.4) is 0 Å². The van der Waals surface area contributed by atoms with Gasteiger partial charge in [-0.2, -0.15) is 0 Å². The van der Waals surface area contributed by atoms with E-state index in [-0.39, 0.29) is 11.9 Å². The van der Waals surface area contributed by atoms with Crippen LogP contribution >= 0.6 is 11.8 Å². The van der Waals surface area contributed by atoms with Crippen molar-refractivity contribution in [3.63, 3.8) is 0 Å². The van der Waals surface area contributed by atoms with Gasteiger partial charge in [0, 0.05) is 5.92 Å². The van der Waals surface area contributed by atoms with E-state index in [0.717, 1.165) is 0 Å². The lowest BCUT2D eigenvalue weighted by Crippen LogP contribution is -2.42. The van der Waals surface area contributed by atoms with E-state index in [1.807, 2.05) is 0 Å². The van der Waals surface area contributed by atoms with Crippen molar-refractivity contribution in [2.75, 3.05) is 25.8 Å². The summed E-state index contributed by atoms with van der Waals surface area (Å²) in [5.41, 5.74) is 0. The Morgan fingerprint density at radius 2 is 2.00 bits per heavy atom. The summed E-state index contributed by atoms with van der Waals surface area (Å²) in [4.78, 5) is 0. The zero-order chi connectivity index (χ0) is 10.6. The molecule has 4 N–H and O–H groups in total. The van der Waals surface area contributed by atoms with Gasteiger partial charge < -0.3 is 25.2 Å². The summed E-state index contributed by atoms with van der Waals surface area (Å²) in [6.45, 7) is -0.388. The Bertz CT molecular complexity index is 162. The van der Waals surface area contributed by atoms with Gasteiger partial charge in [0.2, 0.25) is 0 Å². The number of thioether (sulfide) groups is 1. The Kier molecular flexibility index (Phi) is 5.14. The third-order valence-electron chi connectivity index (χ3n) is 2.36. The van der Waals surface area contributed by atoms with Crippen LogP contribution in [0.15, 0.2) is 0 Å². The van der Waals surface area contributed by atoms with Gasteiger partial charge in [-0.15, -0.1) is 11.8 Å². The third-order valence-corrected chi connectivity index (χ3v) is 3.51. The van der Waals surface area contributed by atoms with Crippen LogP contribution in [0.1, 0.15) is 0 Å². The van der Waals surface area contributed by atoms with E-state index < -0.39 is 24.7 Å². The predicted molar refractivity (Wildman–Crippen MR) is 51.9 cm³/mol. The summed E-state index contributed by atoms with van der Waals surface area (Å²) in [5, 5.41) is 36.7. The minimum Gasteiger partial charge on any atom is -0.396 e. The second-order valence-corrected chi connectivity index (χ2v) is 4.46. The average molecular weight is 224 g/mol. The lowest BCUT2D eigenvalue weighted by molar-refractivity contribution is -0.0427. The van der Waals surface area contributed by atoms with Crippen LogP contribution in [0, 0.1) is 5.92 Å². The first-order valence-corrected chi connectivity index (χ1v) is 5.52. The Morgan fingerprint density at radius 1 is 1.29 bits per heavy atom. The lowest BCUT2D eigenvalue weighted by atomic mass is 9.95. The van der Waals surface area contributed by atoms with Crippen LogP contribution in [-0.4, -0.2) is 63.6 Å². The number of rotatable bonds is 5. The fourth-order valence-corrected chi connectivity index (χ4v) is 2.37. The molecular weight excluding hydrogens is 208 g/mol. The van der Waals surface area contributed by atoms with Crippen molar-refractivity contribution in [3.05, 3.63) is 0 Å². The van der Waals surface area contributed by atoms with Crippen molar-refractivity contribution in [2.24, 2.45) is 5.92 Å². The van der Waals surface area contributed by atoms with E-state index in [1.165, 1.54) is 11.8 Å². The van der Waals surface area contributed by atoms with Gasteiger partial charge in [-0.3, -0.25) is 0 Å². The molecule has 1 aliphatic rings. The third kappa shape index (κ3) is 2.82. The van der Waals surface area contributed by atoms with E-state index in [1.54, 1.807) is 0 Å². The normalized spacial score (nSPS) is 28.7. The first-order valence-electron chi connectivity index (χ1n) is 4.48. The molecule has 0 saturated carbocycles. The molecule has 6 heteroatoms. The van der Waals surface area contributed by atoms with Crippen LogP contribution in [0.2, 0.25) is 0 Å². The molecule has 1 fully saturated rings. The molecule has 4 unspecified atom stereocenters. The predicted octanol–water partition coefficient (Wildman–Crippen LogP) is -1.60. The number of hydrogen-bond acceptors (Lipinski definition) is 6. The second-order valence-electron chi connectivity index (χ2n) is 3.28. The average Bonchev–Trinajstić information content (AvgIpc) is 2.71. The molecule has 1 rings (SSSR count). The number of ether oxygens (including phenoxy) is 1. The number of aliphatic hydroxyl groups excluding tert-OH is 4. The van der Waals surface area contributed by atoms with Crippen molar-refractivity contribution < 1.29 is 25.2 Å². The molecule has 0 amide bonds. The van der Waals surface area contributed by atoms with Crippen molar-refractivity contribution in [1.29, 1.82) is 0 Å². The van der Waals surface area contributed by atoms with Gasteiger partial charge in [-0.25, -0.2) is 0 Å². The highest BCUT2D eigenvalue weighted by molar-refractivity contribution is 8.00. The molecule has 14 heavy (non-hydrogen) atoms. The van der Waals surface area contributed by atoms with Crippen LogP contribution in [-0.2, 0) is 4.74 Å². The number of aliphatic hydroxyl groups is 4. The Balaban J connectivity index is 2.49. The van der Waals surface area contributed by atoms with E-state index >= 15 is 0 Å². The molecule has 0 spiro atoms. The topological polar surface area (TPSA) is 90.2 Å². The maximum atomic E-state index is 9.78. The second kappa shape index (κ2) is 5.89. The first kappa shape index (κ1) is 12.2. The molecule has 0 aromatic heterocycles. The molecule has 1 heterocycles. The highest BCUT2D eigenvalue weighted by Crippen LogP contribution is 2.27. The molecule has 0 bridgehead atoms. The maximum Gasteiger partial charge on any atom is 0.0926 e. The first-order chi connectivity index (χ1) is 6.70. The summed E-state index contributed by atoms with van der Waals surface area (Å²) in [7, 11) is 0. The fourth-order valence-electron chi connectivity index (χ4n) is 1.41. The van der Waals surface area contributed by atoms with E-state index in [0.29, 0.717) is 12.5 Å². The van der Waals surface area contributed by atoms with Gasteiger partial charge >= 0.3 is 0 Å². The van der Waals surface area contributed by atoms with Crippen molar-refractivity contribution in [1.82, 2.24) is 0 Å². The molecule has 0 aromatic rings. The molecule has 4 atom stereocenters. The molecule has 1 aliphatic heterocycles. The Hall–Kier alpha value is 0.150. The van der Waals surface area contributed by atoms with Gasteiger partial charge in [0.25, 0.3) is 0 Å². The van der Waals surface area contributed by atoms with E-state index in [2.05, 4.69) is 0 Å². The largest absolute Gasteiger partial charge is 0.396 e. The standard InChI is InChI=1S/C8H16O5S/c9-1-5(6(11)2-10)8(12)7-3-13-4-14-7/h5-12H,1-4H2. The minimum atomic E-state index is -1.09. The molecule has 0 radical (unpaired) electrons. The van der Waals surface area contributed by atoms with Gasteiger partial charge in [0.05, 0.1) is 43.2 Å². The molecule has 0 aliphatic carbocycles. The van der Waals surface area contributed by atoms with Gasteiger partial charge in [0.1, 0.15) is 0 Å². The summed E-state index contributed by atoms with van der Waals surface area (Å²) in [6.07, 6.45) is -1.94. The van der Waals surface area contributed by atoms with Gasteiger partial charge in [0.15, 0.2) is 0 Å². The van der Waals surface area contributed by atoms with Crippen molar-refractivity contribution in [3.8, 4) is 0 Å². The van der Waals surface area contributed by atoms with E-state index in [4.69, 9.17) is 14.9 Å². The molecule has 0 aromatic carbocycles. The quantitative estimate of drug-likeness (QED) is 0.449. The van der Waals surface area contributed by atoms with Gasteiger partial charge in [-0.05, 0) is 0 Å². The Labute approximate surface area is 86.7 Å². The van der Waals surface area contributed by atoms with Crippen LogP contribution in [0.4, 0.5) is 0 Å². The van der Waals surface area contributed by atoms with E-state index in [9.17, 15) is 10.2 Å². The molecule has 84 valence electrons. The van der Waals surface area contributed by atoms with Crippen molar-refractivity contribution >= 4 is 11.8 Å². The number of hydrogen-bond donors (Lipinski definition) is 4. The SMILES string of the molecule is OCC(O)C(CO)C(O)C1COCS1. The monoisotopic (exact) mass is 224 g/mol.